The van der Waals surface area contributed by atoms with E-state index in [-0.39, 0.29) is 18.4 Å². The fraction of sp³-hybridized carbons (Fsp3) is 0.731. The number of carbonyl (C=O) groups is 1. The van der Waals surface area contributed by atoms with Crippen LogP contribution in [0.3, 0.4) is 0 Å². The zero-order valence-corrected chi connectivity index (χ0v) is 19.7. The Labute approximate surface area is 187 Å². The first kappa shape index (κ1) is 24.2. The van der Waals surface area contributed by atoms with Gasteiger partial charge < -0.3 is 18.9 Å². The van der Waals surface area contributed by atoms with Gasteiger partial charge in [-0.2, -0.15) is 0 Å². The largest absolute Gasteiger partial charge is 0.458 e. The number of rotatable bonds is 8. The van der Waals surface area contributed by atoms with Gasteiger partial charge in [-0.05, 0) is 77.7 Å². The lowest BCUT2D eigenvalue weighted by Crippen LogP contribution is -2.46. The number of carbonyl (C=O) groups excluding carboxylic acids is 1. The number of hydrogen-bond acceptors (Lipinski definition) is 5. The van der Waals surface area contributed by atoms with E-state index in [1.54, 1.807) is 0 Å². The number of ether oxygens (including phenoxy) is 4. The summed E-state index contributed by atoms with van der Waals surface area (Å²) < 4.78 is 24.1. The molecule has 4 unspecified atom stereocenters. The van der Waals surface area contributed by atoms with Gasteiger partial charge in [0.15, 0.2) is 11.9 Å². The summed E-state index contributed by atoms with van der Waals surface area (Å²) in [4.78, 5) is 13.1. The van der Waals surface area contributed by atoms with E-state index in [0.29, 0.717) is 18.9 Å². The lowest BCUT2D eigenvalue weighted by Gasteiger charge is -2.36. The van der Waals surface area contributed by atoms with Gasteiger partial charge >= 0.3 is 5.97 Å². The Morgan fingerprint density at radius 2 is 1.81 bits per heavy atom. The maximum atomic E-state index is 13.1. The molecule has 3 rings (SSSR count). The Morgan fingerprint density at radius 1 is 1.03 bits per heavy atom. The SMILES string of the molecule is CC(C)(C)OC(=O)C(C)(Cc1ccccc1)OCC1CCCC(OC2CCCCO2)C1. The Kier molecular flexibility index (Phi) is 8.54. The van der Waals surface area contributed by atoms with E-state index in [0.717, 1.165) is 50.7 Å². The smallest absolute Gasteiger partial charge is 0.338 e. The molecule has 4 atom stereocenters. The molecule has 1 saturated heterocycles. The van der Waals surface area contributed by atoms with Crippen molar-refractivity contribution in [2.75, 3.05) is 13.2 Å². The van der Waals surface area contributed by atoms with E-state index in [9.17, 15) is 4.79 Å². The van der Waals surface area contributed by atoms with Gasteiger partial charge in [0.25, 0.3) is 0 Å². The highest BCUT2D eigenvalue weighted by atomic mass is 16.7. The number of hydrogen-bond donors (Lipinski definition) is 0. The first-order chi connectivity index (χ1) is 14.7. The molecule has 174 valence electrons. The predicted molar refractivity (Wildman–Crippen MR) is 121 cm³/mol. The van der Waals surface area contributed by atoms with E-state index in [2.05, 4.69) is 0 Å². The van der Waals surface area contributed by atoms with Gasteiger partial charge in [0.05, 0.1) is 12.7 Å². The Morgan fingerprint density at radius 3 is 2.48 bits per heavy atom. The first-order valence-electron chi connectivity index (χ1n) is 11.9. The van der Waals surface area contributed by atoms with E-state index >= 15 is 0 Å². The van der Waals surface area contributed by atoms with Crippen LogP contribution >= 0.6 is 0 Å². The molecule has 1 aromatic carbocycles. The summed E-state index contributed by atoms with van der Waals surface area (Å²) in [6.45, 7) is 8.88. The molecule has 2 fully saturated rings. The van der Waals surface area contributed by atoms with Gasteiger partial charge in [-0.15, -0.1) is 0 Å². The quantitative estimate of drug-likeness (QED) is 0.512. The average molecular weight is 433 g/mol. The van der Waals surface area contributed by atoms with Gasteiger partial charge in [0.1, 0.15) is 5.60 Å². The molecule has 0 aromatic heterocycles. The topological polar surface area (TPSA) is 54.0 Å². The molecule has 0 bridgehead atoms. The van der Waals surface area contributed by atoms with Gasteiger partial charge in [-0.3, -0.25) is 0 Å². The van der Waals surface area contributed by atoms with Crippen LogP contribution in [0.4, 0.5) is 0 Å². The zero-order chi connectivity index (χ0) is 22.3. The molecule has 0 amide bonds. The molecule has 31 heavy (non-hydrogen) atoms. The highest BCUT2D eigenvalue weighted by Crippen LogP contribution is 2.31. The Balaban J connectivity index is 1.60. The van der Waals surface area contributed by atoms with Crippen molar-refractivity contribution in [3.63, 3.8) is 0 Å². The molecule has 0 spiro atoms. The lowest BCUT2D eigenvalue weighted by atomic mass is 9.87. The van der Waals surface area contributed by atoms with Crippen molar-refractivity contribution in [3.8, 4) is 0 Å². The molecule has 2 aliphatic rings. The van der Waals surface area contributed by atoms with Crippen molar-refractivity contribution >= 4 is 5.97 Å². The third-order valence-corrected chi connectivity index (χ3v) is 6.07. The predicted octanol–water partition coefficient (Wildman–Crippen LogP) is 5.45. The molecule has 0 N–H and O–H groups in total. The van der Waals surface area contributed by atoms with E-state index in [1.165, 1.54) is 6.42 Å². The second-order valence-corrected chi connectivity index (χ2v) is 10.3. The van der Waals surface area contributed by atoms with Crippen LogP contribution in [0.5, 0.6) is 0 Å². The molecular formula is C26H40O5. The summed E-state index contributed by atoms with van der Waals surface area (Å²) >= 11 is 0. The minimum atomic E-state index is -1.02. The van der Waals surface area contributed by atoms with Crippen molar-refractivity contribution in [1.29, 1.82) is 0 Å². The van der Waals surface area contributed by atoms with Crippen molar-refractivity contribution in [2.24, 2.45) is 5.92 Å². The summed E-state index contributed by atoms with van der Waals surface area (Å²) in [5.74, 6) is 0.0722. The fourth-order valence-corrected chi connectivity index (χ4v) is 4.41. The molecule has 1 aliphatic heterocycles. The molecule has 1 saturated carbocycles. The van der Waals surface area contributed by atoms with E-state index < -0.39 is 11.2 Å². The summed E-state index contributed by atoms with van der Waals surface area (Å²) in [5.41, 5.74) is -0.507. The van der Waals surface area contributed by atoms with Gasteiger partial charge in [0, 0.05) is 13.0 Å². The van der Waals surface area contributed by atoms with Crippen LogP contribution < -0.4 is 0 Å². The van der Waals surface area contributed by atoms with Gasteiger partial charge in [-0.25, -0.2) is 4.79 Å². The van der Waals surface area contributed by atoms with Crippen molar-refractivity contribution in [3.05, 3.63) is 35.9 Å². The summed E-state index contributed by atoms with van der Waals surface area (Å²) in [6.07, 6.45) is 8.20. The second-order valence-electron chi connectivity index (χ2n) is 10.3. The molecule has 1 aliphatic carbocycles. The second kappa shape index (κ2) is 10.9. The van der Waals surface area contributed by atoms with Crippen LogP contribution in [-0.2, 0) is 30.2 Å². The monoisotopic (exact) mass is 432 g/mol. The molecule has 1 aromatic rings. The molecular weight excluding hydrogens is 392 g/mol. The zero-order valence-electron chi connectivity index (χ0n) is 19.7. The van der Waals surface area contributed by atoms with Crippen LogP contribution in [0, 0.1) is 5.92 Å². The Bertz CT molecular complexity index is 677. The maximum Gasteiger partial charge on any atom is 0.338 e. The number of esters is 1. The fourth-order valence-electron chi connectivity index (χ4n) is 4.41. The summed E-state index contributed by atoms with van der Waals surface area (Å²) in [5, 5.41) is 0. The van der Waals surface area contributed by atoms with Crippen molar-refractivity contribution in [2.45, 2.75) is 103 Å². The van der Waals surface area contributed by atoms with Gasteiger partial charge in [0.2, 0.25) is 0 Å². The van der Waals surface area contributed by atoms with Crippen LogP contribution in [-0.4, -0.2) is 42.8 Å². The minimum absolute atomic E-state index is 0.0523. The van der Waals surface area contributed by atoms with Gasteiger partial charge in [-0.1, -0.05) is 36.8 Å². The number of benzene rings is 1. The van der Waals surface area contributed by atoms with Crippen molar-refractivity contribution in [1.82, 2.24) is 0 Å². The molecule has 5 nitrogen and oxygen atoms in total. The van der Waals surface area contributed by atoms with E-state index in [4.69, 9.17) is 18.9 Å². The maximum absolute atomic E-state index is 13.1. The third kappa shape index (κ3) is 7.89. The van der Waals surface area contributed by atoms with E-state index in [1.807, 2.05) is 58.0 Å². The molecule has 5 heteroatoms. The molecule has 0 radical (unpaired) electrons. The van der Waals surface area contributed by atoms with Crippen LogP contribution in [0.2, 0.25) is 0 Å². The summed E-state index contributed by atoms with van der Waals surface area (Å²) in [6, 6.07) is 10.0. The molecule has 1 heterocycles. The lowest BCUT2D eigenvalue weighted by molar-refractivity contribution is -0.200. The van der Waals surface area contributed by atoms with Crippen LogP contribution in [0.25, 0.3) is 0 Å². The summed E-state index contributed by atoms with van der Waals surface area (Å²) in [7, 11) is 0. The normalized spacial score (nSPS) is 26.8. The highest BCUT2D eigenvalue weighted by Gasteiger charge is 2.39. The first-order valence-corrected chi connectivity index (χ1v) is 11.9. The van der Waals surface area contributed by atoms with Crippen molar-refractivity contribution < 1.29 is 23.7 Å². The Hall–Kier alpha value is -1.43. The highest BCUT2D eigenvalue weighted by molar-refractivity contribution is 5.80. The standard InChI is InChI=1S/C26H40O5/c1-25(2,3)31-24(27)26(4,18-20-11-6-5-7-12-20)29-19-21-13-10-14-22(17-21)30-23-15-8-9-16-28-23/h5-7,11-12,21-23H,8-10,13-19H2,1-4H3. The van der Waals surface area contributed by atoms with Crippen LogP contribution in [0.15, 0.2) is 30.3 Å². The van der Waals surface area contributed by atoms with Crippen LogP contribution in [0.1, 0.15) is 78.2 Å². The average Bonchev–Trinajstić information content (AvgIpc) is 2.73. The third-order valence-electron chi connectivity index (χ3n) is 6.07. The minimum Gasteiger partial charge on any atom is -0.458 e.